The third kappa shape index (κ3) is 3.14. The summed E-state index contributed by atoms with van der Waals surface area (Å²) >= 11 is 1.61. The molecule has 4 heteroatoms. The Morgan fingerprint density at radius 2 is 1.68 bits per heavy atom. The molecule has 0 radical (unpaired) electrons. The summed E-state index contributed by atoms with van der Waals surface area (Å²) in [6.45, 7) is 0. The third-order valence-corrected chi connectivity index (χ3v) is 3.77. The highest BCUT2D eigenvalue weighted by atomic mass is 32.2. The van der Waals surface area contributed by atoms with Crippen molar-refractivity contribution in [2.75, 3.05) is 13.3 Å². The first-order chi connectivity index (χ1) is 9.15. The summed E-state index contributed by atoms with van der Waals surface area (Å²) in [5.74, 6) is -1.12. The summed E-state index contributed by atoms with van der Waals surface area (Å²) in [6, 6.07) is 11.2. The van der Waals surface area contributed by atoms with E-state index in [2.05, 4.69) is 5.32 Å². The van der Waals surface area contributed by atoms with Gasteiger partial charge in [-0.25, -0.2) is 8.78 Å². The molecule has 100 valence electrons. The van der Waals surface area contributed by atoms with Crippen LogP contribution in [0.15, 0.2) is 47.4 Å². The van der Waals surface area contributed by atoms with Gasteiger partial charge in [-0.15, -0.1) is 11.8 Å². The Balaban J connectivity index is 2.49. The van der Waals surface area contributed by atoms with Crippen molar-refractivity contribution in [1.82, 2.24) is 5.32 Å². The van der Waals surface area contributed by atoms with E-state index in [9.17, 15) is 8.78 Å². The Bertz CT molecular complexity index is 552. The molecule has 1 N–H and O–H groups in total. The maximum atomic E-state index is 13.3. The Labute approximate surface area is 116 Å². The van der Waals surface area contributed by atoms with Gasteiger partial charge in [0.25, 0.3) is 0 Å². The summed E-state index contributed by atoms with van der Waals surface area (Å²) in [7, 11) is 1.78. The van der Waals surface area contributed by atoms with Crippen molar-refractivity contribution < 1.29 is 8.78 Å². The monoisotopic (exact) mass is 279 g/mol. The topological polar surface area (TPSA) is 12.0 Å². The second-order valence-electron chi connectivity index (χ2n) is 4.17. The number of rotatable bonds is 4. The van der Waals surface area contributed by atoms with Crippen molar-refractivity contribution in [1.29, 1.82) is 0 Å². The lowest BCUT2D eigenvalue weighted by molar-refractivity contribution is 0.571. The zero-order chi connectivity index (χ0) is 13.8. The summed E-state index contributed by atoms with van der Waals surface area (Å²) in [6.07, 6.45) is 1.98. The van der Waals surface area contributed by atoms with Crippen LogP contribution in [0.2, 0.25) is 0 Å². The van der Waals surface area contributed by atoms with Gasteiger partial charge in [0.1, 0.15) is 11.6 Å². The predicted molar refractivity (Wildman–Crippen MR) is 75.5 cm³/mol. The molecule has 0 amide bonds. The summed E-state index contributed by atoms with van der Waals surface area (Å²) in [5, 5.41) is 3.12. The smallest absolute Gasteiger partial charge is 0.126 e. The van der Waals surface area contributed by atoms with Gasteiger partial charge >= 0.3 is 0 Å². The number of benzene rings is 2. The average molecular weight is 279 g/mol. The molecular weight excluding hydrogens is 264 g/mol. The van der Waals surface area contributed by atoms with Crippen LogP contribution in [0.4, 0.5) is 8.78 Å². The Kier molecular flexibility index (Phi) is 4.56. The first-order valence-corrected chi connectivity index (χ1v) is 7.14. The molecule has 0 spiro atoms. The molecule has 2 aromatic carbocycles. The molecule has 0 aliphatic carbocycles. The van der Waals surface area contributed by atoms with Crippen LogP contribution in [0.5, 0.6) is 0 Å². The van der Waals surface area contributed by atoms with Crippen molar-refractivity contribution >= 4 is 11.8 Å². The van der Waals surface area contributed by atoms with Crippen LogP contribution >= 0.6 is 11.8 Å². The molecule has 0 heterocycles. The van der Waals surface area contributed by atoms with Gasteiger partial charge in [0, 0.05) is 11.0 Å². The van der Waals surface area contributed by atoms with Gasteiger partial charge in [-0.3, -0.25) is 0 Å². The first kappa shape index (κ1) is 14.0. The summed E-state index contributed by atoms with van der Waals surface area (Å²) in [4.78, 5) is 1.09. The summed E-state index contributed by atoms with van der Waals surface area (Å²) < 4.78 is 26.7. The fourth-order valence-electron chi connectivity index (χ4n) is 2.15. The van der Waals surface area contributed by atoms with E-state index in [-0.39, 0.29) is 6.04 Å². The van der Waals surface area contributed by atoms with Gasteiger partial charge in [0.15, 0.2) is 0 Å². The van der Waals surface area contributed by atoms with Gasteiger partial charge in [0.05, 0.1) is 6.04 Å². The molecule has 2 aromatic rings. The zero-order valence-electron chi connectivity index (χ0n) is 10.8. The minimum atomic E-state index is -0.558. The predicted octanol–water partition coefficient (Wildman–Crippen LogP) is 4.00. The molecule has 0 aromatic heterocycles. The zero-order valence-corrected chi connectivity index (χ0v) is 11.6. The largest absolute Gasteiger partial charge is 0.309 e. The van der Waals surface area contributed by atoms with Crippen LogP contribution < -0.4 is 5.32 Å². The van der Waals surface area contributed by atoms with E-state index in [0.717, 1.165) is 16.5 Å². The van der Waals surface area contributed by atoms with E-state index in [1.54, 1.807) is 18.8 Å². The highest BCUT2D eigenvalue weighted by Crippen LogP contribution is 2.30. The van der Waals surface area contributed by atoms with Gasteiger partial charge < -0.3 is 5.32 Å². The van der Waals surface area contributed by atoms with Gasteiger partial charge in [-0.05, 0) is 42.6 Å². The second kappa shape index (κ2) is 6.17. The Morgan fingerprint density at radius 1 is 1.05 bits per heavy atom. The SMILES string of the molecule is CNC(c1cc(F)cc(F)c1)c1ccccc1SC. The van der Waals surface area contributed by atoms with Crippen molar-refractivity contribution in [3.63, 3.8) is 0 Å². The molecule has 1 atom stereocenters. The highest BCUT2D eigenvalue weighted by molar-refractivity contribution is 7.98. The first-order valence-electron chi connectivity index (χ1n) is 5.92. The number of nitrogens with one attached hydrogen (secondary N) is 1. The minimum absolute atomic E-state index is 0.228. The molecule has 2 rings (SSSR count). The normalized spacial score (nSPS) is 12.4. The molecule has 1 unspecified atom stereocenters. The Hall–Kier alpha value is -1.39. The van der Waals surface area contributed by atoms with Gasteiger partial charge in [-0.1, -0.05) is 18.2 Å². The lowest BCUT2D eigenvalue weighted by Crippen LogP contribution is -2.18. The molecule has 0 bridgehead atoms. The van der Waals surface area contributed by atoms with Crippen LogP contribution in [0.25, 0.3) is 0 Å². The van der Waals surface area contributed by atoms with E-state index in [1.807, 2.05) is 30.5 Å². The second-order valence-corrected chi connectivity index (χ2v) is 5.01. The van der Waals surface area contributed by atoms with E-state index in [1.165, 1.54) is 12.1 Å². The maximum Gasteiger partial charge on any atom is 0.126 e. The fourth-order valence-corrected chi connectivity index (χ4v) is 2.78. The molecule has 19 heavy (non-hydrogen) atoms. The lowest BCUT2D eigenvalue weighted by atomic mass is 9.98. The quantitative estimate of drug-likeness (QED) is 0.849. The molecule has 0 fully saturated rings. The Morgan fingerprint density at radius 3 is 2.26 bits per heavy atom. The van der Waals surface area contributed by atoms with E-state index < -0.39 is 11.6 Å². The van der Waals surface area contributed by atoms with E-state index in [0.29, 0.717) is 5.56 Å². The summed E-state index contributed by atoms with van der Waals surface area (Å²) in [5.41, 5.74) is 1.60. The number of halogens is 2. The highest BCUT2D eigenvalue weighted by Gasteiger charge is 2.16. The molecule has 0 saturated heterocycles. The fraction of sp³-hybridized carbons (Fsp3) is 0.200. The van der Waals surface area contributed by atoms with Crippen LogP contribution in [0.3, 0.4) is 0 Å². The molecule has 0 aliphatic rings. The van der Waals surface area contributed by atoms with Crippen LogP contribution in [0.1, 0.15) is 17.2 Å². The molecule has 0 saturated carbocycles. The van der Waals surface area contributed by atoms with Crippen LogP contribution in [0, 0.1) is 11.6 Å². The van der Waals surface area contributed by atoms with Crippen LogP contribution in [-0.2, 0) is 0 Å². The van der Waals surface area contributed by atoms with E-state index >= 15 is 0 Å². The van der Waals surface area contributed by atoms with Gasteiger partial charge in [-0.2, -0.15) is 0 Å². The molecule has 1 nitrogen and oxygen atoms in total. The average Bonchev–Trinajstić information content (AvgIpc) is 2.39. The standard InChI is InChI=1S/C15H15F2NS/c1-18-15(10-7-11(16)9-12(17)8-10)13-5-3-4-6-14(13)19-2/h3-9,15,18H,1-2H3. The van der Waals surface area contributed by atoms with Crippen molar-refractivity contribution in [3.05, 3.63) is 65.2 Å². The minimum Gasteiger partial charge on any atom is -0.309 e. The van der Waals surface area contributed by atoms with Crippen molar-refractivity contribution in [2.45, 2.75) is 10.9 Å². The lowest BCUT2D eigenvalue weighted by Gasteiger charge is -2.20. The van der Waals surface area contributed by atoms with Gasteiger partial charge in [0.2, 0.25) is 0 Å². The number of hydrogen-bond acceptors (Lipinski definition) is 2. The van der Waals surface area contributed by atoms with Crippen LogP contribution in [-0.4, -0.2) is 13.3 Å². The maximum absolute atomic E-state index is 13.3. The number of thioether (sulfide) groups is 1. The van der Waals surface area contributed by atoms with Crippen molar-refractivity contribution in [2.24, 2.45) is 0 Å². The third-order valence-electron chi connectivity index (χ3n) is 2.96. The van der Waals surface area contributed by atoms with E-state index in [4.69, 9.17) is 0 Å². The molecule has 0 aliphatic heterocycles. The number of hydrogen-bond donors (Lipinski definition) is 1. The molecular formula is C15H15F2NS. The van der Waals surface area contributed by atoms with Crippen molar-refractivity contribution in [3.8, 4) is 0 Å².